The van der Waals surface area contributed by atoms with E-state index in [0.717, 1.165) is 6.54 Å². The van der Waals surface area contributed by atoms with Crippen LogP contribution in [0, 0.1) is 11.3 Å². The molecule has 0 aromatic carbocycles. The van der Waals surface area contributed by atoms with Crippen molar-refractivity contribution in [1.82, 2.24) is 4.90 Å². The highest BCUT2D eigenvalue weighted by Gasteiger charge is 2.05. The van der Waals surface area contributed by atoms with E-state index in [-0.39, 0.29) is 0 Å². The van der Waals surface area contributed by atoms with E-state index >= 15 is 0 Å². The topological polar surface area (TPSA) is 27.0 Å². The molecule has 1 aliphatic rings. The van der Waals surface area contributed by atoms with Crippen LogP contribution >= 0.6 is 0 Å². The van der Waals surface area contributed by atoms with Gasteiger partial charge in [0.1, 0.15) is 0 Å². The lowest BCUT2D eigenvalue weighted by atomic mass is 10.1. The maximum Gasteiger partial charge on any atom is 0.0635 e. The van der Waals surface area contributed by atoms with Gasteiger partial charge in [0, 0.05) is 13.0 Å². The van der Waals surface area contributed by atoms with Crippen molar-refractivity contribution in [3.8, 4) is 6.07 Å². The maximum atomic E-state index is 8.59. The third kappa shape index (κ3) is 6.52. The van der Waals surface area contributed by atoms with E-state index in [2.05, 4.69) is 11.0 Å². The van der Waals surface area contributed by atoms with Gasteiger partial charge in [0.15, 0.2) is 0 Å². The van der Waals surface area contributed by atoms with Crippen LogP contribution in [-0.2, 0) is 0 Å². The molecule has 0 N–H and O–H groups in total. The predicted molar refractivity (Wildman–Crippen MR) is 63.6 cm³/mol. The SMILES string of the molecule is N#CCCN1CCCCCCCCCC1. The number of nitriles is 1. The summed E-state index contributed by atoms with van der Waals surface area (Å²) in [6, 6.07) is 2.25. The normalized spacial score (nSPS) is 21.5. The summed E-state index contributed by atoms with van der Waals surface area (Å²) in [6.07, 6.45) is 11.8. The van der Waals surface area contributed by atoms with Gasteiger partial charge in [-0.25, -0.2) is 0 Å². The Labute approximate surface area is 94.3 Å². The molecule has 2 nitrogen and oxygen atoms in total. The third-order valence-corrected chi connectivity index (χ3v) is 3.24. The summed E-state index contributed by atoms with van der Waals surface area (Å²) in [5.74, 6) is 0. The monoisotopic (exact) mass is 208 g/mol. The van der Waals surface area contributed by atoms with Crippen molar-refractivity contribution in [3.05, 3.63) is 0 Å². The zero-order chi connectivity index (χ0) is 10.8. The fourth-order valence-electron chi connectivity index (χ4n) is 2.28. The Bertz CT molecular complexity index is 171. The van der Waals surface area contributed by atoms with Gasteiger partial charge in [-0.2, -0.15) is 5.26 Å². The van der Waals surface area contributed by atoms with E-state index in [1.165, 1.54) is 64.5 Å². The molecule has 1 fully saturated rings. The zero-order valence-electron chi connectivity index (χ0n) is 9.88. The van der Waals surface area contributed by atoms with Crippen LogP contribution in [-0.4, -0.2) is 24.5 Å². The molecule has 1 heterocycles. The van der Waals surface area contributed by atoms with Crippen LogP contribution in [0.3, 0.4) is 0 Å². The van der Waals surface area contributed by atoms with Gasteiger partial charge in [0.2, 0.25) is 0 Å². The first-order valence-electron chi connectivity index (χ1n) is 6.53. The Hall–Kier alpha value is -0.550. The molecule has 0 spiro atoms. The molecule has 0 aromatic rings. The molecule has 0 atom stereocenters. The second-order valence-electron chi connectivity index (χ2n) is 4.58. The molecule has 0 saturated carbocycles. The van der Waals surface area contributed by atoms with Gasteiger partial charge in [-0.3, -0.25) is 0 Å². The average molecular weight is 208 g/mol. The van der Waals surface area contributed by atoms with E-state index < -0.39 is 0 Å². The molecule has 0 bridgehead atoms. The maximum absolute atomic E-state index is 8.59. The number of nitrogens with zero attached hydrogens (tertiary/aromatic N) is 2. The Kier molecular flexibility index (Phi) is 7.29. The number of rotatable bonds is 2. The summed E-state index contributed by atoms with van der Waals surface area (Å²) in [6.45, 7) is 3.40. The quantitative estimate of drug-likeness (QED) is 0.696. The summed E-state index contributed by atoms with van der Waals surface area (Å²) in [4.78, 5) is 2.48. The van der Waals surface area contributed by atoms with Gasteiger partial charge in [-0.1, -0.05) is 38.5 Å². The molecule has 0 aromatic heterocycles. The van der Waals surface area contributed by atoms with E-state index in [1.807, 2.05) is 0 Å². The van der Waals surface area contributed by atoms with Crippen molar-refractivity contribution >= 4 is 0 Å². The second-order valence-corrected chi connectivity index (χ2v) is 4.58. The second kappa shape index (κ2) is 8.73. The summed E-state index contributed by atoms with van der Waals surface area (Å²) in [7, 11) is 0. The largest absolute Gasteiger partial charge is 0.302 e. The van der Waals surface area contributed by atoms with Crippen LogP contribution in [0.15, 0.2) is 0 Å². The van der Waals surface area contributed by atoms with Crippen molar-refractivity contribution in [2.75, 3.05) is 19.6 Å². The highest BCUT2D eigenvalue weighted by Crippen LogP contribution is 2.12. The van der Waals surface area contributed by atoms with Crippen molar-refractivity contribution in [3.63, 3.8) is 0 Å². The highest BCUT2D eigenvalue weighted by atomic mass is 15.1. The van der Waals surface area contributed by atoms with Crippen LogP contribution in [0.5, 0.6) is 0 Å². The van der Waals surface area contributed by atoms with Gasteiger partial charge >= 0.3 is 0 Å². The summed E-state index contributed by atoms with van der Waals surface area (Å²) in [5, 5.41) is 8.59. The van der Waals surface area contributed by atoms with Gasteiger partial charge in [-0.15, -0.1) is 0 Å². The minimum atomic E-state index is 0.694. The lowest BCUT2D eigenvalue weighted by Gasteiger charge is -2.20. The third-order valence-electron chi connectivity index (χ3n) is 3.24. The molecule has 0 amide bonds. The van der Waals surface area contributed by atoms with E-state index in [9.17, 15) is 0 Å². The molecule has 1 aliphatic heterocycles. The minimum Gasteiger partial charge on any atom is -0.302 e. The molecule has 2 heteroatoms. The van der Waals surface area contributed by atoms with Crippen molar-refractivity contribution in [2.24, 2.45) is 0 Å². The summed E-state index contributed by atoms with van der Waals surface area (Å²) < 4.78 is 0. The molecule has 0 aliphatic carbocycles. The Morgan fingerprint density at radius 3 is 1.73 bits per heavy atom. The number of hydrogen-bond acceptors (Lipinski definition) is 2. The zero-order valence-corrected chi connectivity index (χ0v) is 9.88. The van der Waals surface area contributed by atoms with Crippen LogP contribution in [0.2, 0.25) is 0 Å². The van der Waals surface area contributed by atoms with Gasteiger partial charge < -0.3 is 4.90 Å². The lowest BCUT2D eigenvalue weighted by molar-refractivity contribution is 0.269. The summed E-state index contributed by atoms with van der Waals surface area (Å²) >= 11 is 0. The van der Waals surface area contributed by atoms with Crippen LogP contribution in [0.1, 0.15) is 57.8 Å². The van der Waals surface area contributed by atoms with E-state index in [4.69, 9.17) is 5.26 Å². The molecular formula is C13H24N2. The highest BCUT2D eigenvalue weighted by molar-refractivity contribution is 4.72. The van der Waals surface area contributed by atoms with Crippen molar-refractivity contribution in [2.45, 2.75) is 57.8 Å². The summed E-state index contributed by atoms with van der Waals surface area (Å²) in [5.41, 5.74) is 0. The Balaban J connectivity index is 2.23. The molecule has 0 radical (unpaired) electrons. The average Bonchev–Trinajstić information content (AvgIpc) is 2.31. The van der Waals surface area contributed by atoms with Crippen LogP contribution in [0.4, 0.5) is 0 Å². The van der Waals surface area contributed by atoms with Crippen molar-refractivity contribution < 1.29 is 0 Å². The fourth-order valence-corrected chi connectivity index (χ4v) is 2.28. The molecular weight excluding hydrogens is 184 g/mol. The van der Waals surface area contributed by atoms with E-state index in [0.29, 0.717) is 6.42 Å². The Morgan fingerprint density at radius 2 is 1.27 bits per heavy atom. The van der Waals surface area contributed by atoms with Crippen molar-refractivity contribution in [1.29, 1.82) is 5.26 Å². The minimum absolute atomic E-state index is 0.694. The first kappa shape index (κ1) is 12.5. The molecule has 0 unspecified atom stereocenters. The van der Waals surface area contributed by atoms with E-state index in [1.54, 1.807) is 0 Å². The first-order valence-corrected chi connectivity index (χ1v) is 6.53. The first-order chi connectivity index (χ1) is 7.43. The standard InChI is InChI=1S/C13H24N2/c14-10-9-13-15-11-7-5-3-1-2-4-6-8-12-15/h1-9,11-13H2. The molecule has 1 rings (SSSR count). The van der Waals surface area contributed by atoms with Crippen LogP contribution < -0.4 is 0 Å². The number of hydrogen-bond donors (Lipinski definition) is 0. The predicted octanol–water partition coefficient (Wildman–Crippen LogP) is 3.34. The van der Waals surface area contributed by atoms with Crippen LogP contribution in [0.25, 0.3) is 0 Å². The molecule has 1 saturated heterocycles. The van der Waals surface area contributed by atoms with Gasteiger partial charge in [0.25, 0.3) is 0 Å². The van der Waals surface area contributed by atoms with Gasteiger partial charge in [-0.05, 0) is 25.9 Å². The Morgan fingerprint density at radius 1 is 0.800 bits per heavy atom. The smallest absolute Gasteiger partial charge is 0.0635 e. The van der Waals surface area contributed by atoms with Gasteiger partial charge in [0.05, 0.1) is 6.07 Å². The fraction of sp³-hybridized carbons (Fsp3) is 0.923. The molecule has 15 heavy (non-hydrogen) atoms. The molecule has 86 valence electrons. The lowest BCUT2D eigenvalue weighted by Crippen LogP contribution is -2.27.